The lowest BCUT2D eigenvalue weighted by Gasteiger charge is -2.32. The number of aryl methyl sites for hydroxylation is 1. The zero-order valence-corrected chi connectivity index (χ0v) is 14.0. The lowest BCUT2D eigenvalue weighted by molar-refractivity contribution is 0.416. The van der Waals surface area contributed by atoms with Crippen molar-refractivity contribution in [3.63, 3.8) is 0 Å². The van der Waals surface area contributed by atoms with Crippen molar-refractivity contribution >= 4 is 15.9 Å². The van der Waals surface area contributed by atoms with Crippen LogP contribution in [0.15, 0.2) is 48.5 Å². The Kier molecular flexibility index (Phi) is 3.43. The maximum atomic E-state index is 13.1. The van der Waals surface area contributed by atoms with Crippen molar-refractivity contribution in [2.24, 2.45) is 0 Å². The third kappa shape index (κ3) is 2.35. The summed E-state index contributed by atoms with van der Waals surface area (Å²) in [4.78, 5) is 0. The first-order valence-electron chi connectivity index (χ1n) is 7.99. The highest BCUT2D eigenvalue weighted by molar-refractivity contribution is 7.90. The standard InChI is InChI=1S/C18H20N2O2S/c1-14-6-5-9-18-17(14)11-10-16-13-19(23(21,22)20(16)18)12-15-7-3-2-4-8-15/h2-9,16H,10-13H2,1H3. The van der Waals surface area contributed by atoms with E-state index in [1.165, 1.54) is 11.1 Å². The minimum Gasteiger partial charge on any atom is -0.253 e. The summed E-state index contributed by atoms with van der Waals surface area (Å²) >= 11 is 0. The first kappa shape index (κ1) is 14.7. The lowest BCUT2D eigenvalue weighted by Crippen LogP contribution is -2.39. The summed E-state index contributed by atoms with van der Waals surface area (Å²) < 4.78 is 29.4. The number of rotatable bonds is 2. The SMILES string of the molecule is Cc1cccc2c1CCC1CN(Cc3ccccc3)S(=O)(=O)N21. The molecule has 0 amide bonds. The fourth-order valence-electron chi connectivity index (χ4n) is 3.71. The zero-order chi connectivity index (χ0) is 16.0. The molecule has 0 aromatic heterocycles. The van der Waals surface area contributed by atoms with E-state index in [9.17, 15) is 8.42 Å². The van der Waals surface area contributed by atoms with Crippen molar-refractivity contribution < 1.29 is 8.42 Å². The van der Waals surface area contributed by atoms with Crippen LogP contribution in [0.4, 0.5) is 5.69 Å². The molecule has 1 unspecified atom stereocenters. The molecule has 0 spiro atoms. The third-order valence-electron chi connectivity index (χ3n) is 4.87. The van der Waals surface area contributed by atoms with E-state index < -0.39 is 10.2 Å². The van der Waals surface area contributed by atoms with E-state index >= 15 is 0 Å². The summed E-state index contributed by atoms with van der Waals surface area (Å²) in [5.41, 5.74) is 4.25. The summed E-state index contributed by atoms with van der Waals surface area (Å²) in [6.07, 6.45) is 1.85. The fourth-order valence-corrected chi connectivity index (χ4v) is 5.60. The van der Waals surface area contributed by atoms with Gasteiger partial charge in [-0.2, -0.15) is 12.7 Å². The van der Waals surface area contributed by atoms with Crippen LogP contribution in [0.2, 0.25) is 0 Å². The molecular weight excluding hydrogens is 308 g/mol. The lowest BCUT2D eigenvalue weighted by atomic mass is 9.94. The predicted octanol–water partition coefficient (Wildman–Crippen LogP) is 2.88. The van der Waals surface area contributed by atoms with E-state index in [2.05, 4.69) is 13.0 Å². The second kappa shape index (κ2) is 5.35. The number of hydrogen-bond donors (Lipinski definition) is 0. The molecule has 120 valence electrons. The van der Waals surface area contributed by atoms with Crippen LogP contribution in [0.5, 0.6) is 0 Å². The van der Waals surface area contributed by atoms with Gasteiger partial charge in [-0.05, 0) is 42.5 Å². The van der Waals surface area contributed by atoms with Crippen LogP contribution in [-0.4, -0.2) is 25.3 Å². The van der Waals surface area contributed by atoms with Crippen LogP contribution in [0.1, 0.15) is 23.1 Å². The smallest absolute Gasteiger partial charge is 0.253 e. The first-order chi connectivity index (χ1) is 11.1. The monoisotopic (exact) mass is 328 g/mol. The molecule has 0 N–H and O–H groups in total. The van der Waals surface area contributed by atoms with Crippen molar-refractivity contribution in [1.29, 1.82) is 0 Å². The maximum absolute atomic E-state index is 13.1. The molecule has 2 aromatic carbocycles. The number of benzene rings is 2. The van der Waals surface area contributed by atoms with Gasteiger partial charge in [-0.1, -0.05) is 42.5 Å². The highest BCUT2D eigenvalue weighted by Crippen LogP contribution is 2.40. The number of anilines is 1. The molecule has 2 aliphatic heterocycles. The summed E-state index contributed by atoms with van der Waals surface area (Å²) in [6.45, 7) is 3.07. The van der Waals surface area contributed by atoms with Crippen LogP contribution >= 0.6 is 0 Å². The van der Waals surface area contributed by atoms with Gasteiger partial charge in [-0.25, -0.2) is 0 Å². The summed E-state index contributed by atoms with van der Waals surface area (Å²) in [7, 11) is -3.45. The topological polar surface area (TPSA) is 40.6 Å². The second-order valence-corrected chi connectivity index (χ2v) is 8.15. The molecule has 0 radical (unpaired) electrons. The quantitative estimate of drug-likeness (QED) is 0.850. The minimum absolute atomic E-state index is 0.0537. The Balaban J connectivity index is 1.71. The molecule has 23 heavy (non-hydrogen) atoms. The van der Waals surface area contributed by atoms with Crippen molar-refractivity contribution in [3.8, 4) is 0 Å². The van der Waals surface area contributed by atoms with Crippen molar-refractivity contribution in [3.05, 3.63) is 65.2 Å². The van der Waals surface area contributed by atoms with Gasteiger partial charge in [-0.3, -0.25) is 4.31 Å². The molecule has 4 nitrogen and oxygen atoms in total. The zero-order valence-electron chi connectivity index (χ0n) is 13.1. The van der Waals surface area contributed by atoms with Crippen LogP contribution in [-0.2, 0) is 23.2 Å². The Morgan fingerprint density at radius 1 is 1.09 bits per heavy atom. The summed E-state index contributed by atoms with van der Waals surface area (Å²) in [5.74, 6) is 0. The normalized spacial score (nSPS) is 22.7. The van der Waals surface area contributed by atoms with E-state index in [1.807, 2.05) is 42.5 Å². The van der Waals surface area contributed by atoms with Gasteiger partial charge in [-0.15, -0.1) is 0 Å². The van der Waals surface area contributed by atoms with Gasteiger partial charge in [0.25, 0.3) is 0 Å². The molecule has 1 saturated heterocycles. The molecule has 2 aliphatic rings. The van der Waals surface area contributed by atoms with Gasteiger partial charge in [0, 0.05) is 13.1 Å². The van der Waals surface area contributed by atoms with E-state index in [-0.39, 0.29) is 6.04 Å². The van der Waals surface area contributed by atoms with Crippen LogP contribution in [0.3, 0.4) is 0 Å². The van der Waals surface area contributed by atoms with Gasteiger partial charge in [0.05, 0.1) is 11.7 Å². The third-order valence-corrected chi connectivity index (χ3v) is 6.80. The molecule has 2 heterocycles. The average molecular weight is 328 g/mol. The molecule has 0 aliphatic carbocycles. The van der Waals surface area contributed by atoms with E-state index in [4.69, 9.17) is 0 Å². The number of fused-ring (bicyclic) bond motifs is 3. The van der Waals surface area contributed by atoms with Gasteiger partial charge in [0.15, 0.2) is 0 Å². The molecule has 5 heteroatoms. The van der Waals surface area contributed by atoms with Crippen molar-refractivity contribution in [1.82, 2.24) is 4.31 Å². The van der Waals surface area contributed by atoms with Crippen LogP contribution < -0.4 is 4.31 Å². The Labute approximate surface area is 137 Å². The van der Waals surface area contributed by atoms with Crippen LogP contribution in [0.25, 0.3) is 0 Å². The molecule has 0 saturated carbocycles. The van der Waals surface area contributed by atoms with E-state index in [1.54, 1.807) is 8.61 Å². The molecule has 1 fully saturated rings. The summed E-state index contributed by atoms with van der Waals surface area (Å²) in [5, 5.41) is 0. The van der Waals surface area contributed by atoms with Gasteiger partial charge < -0.3 is 0 Å². The summed E-state index contributed by atoms with van der Waals surface area (Å²) in [6, 6.07) is 15.8. The van der Waals surface area contributed by atoms with Crippen molar-refractivity contribution in [2.45, 2.75) is 32.4 Å². The maximum Gasteiger partial charge on any atom is 0.304 e. The Bertz CT molecular complexity index is 833. The van der Waals surface area contributed by atoms with Crippen LogP contribution in [0, 0.1) is 6.92 Å². The average Bonchev–Trinajstić information content (AvgIpc) is 2.80. The van der Waals surface area contributed by atoms with Gasteiger partial charge >= 0.3 is 10.2 Å². The highest BCUT2D eigenvalue weighted by Gasteiger charge is 2.46. The molecule has 2 aromatic rings. The van der Waals surface area contributed by atoms with E-state index in [0.717, 1.165) is 24.1 Å². The second-order valence-electron chi connectivity index (χ2n) is 6.35. The van der Waals surface area contributed by atoms with Gasteiger partial charge in [0.2, 0.25) is 0 Å². The molecule has 4 rings (SSSR count). The first-order valence-corrected chi connectivity index (χ1v) is 9.39. The molecule has 0 bridgehead atoms. The largest absolute Gasteiger partial charge is 0.304 e. The Morgan fingerprint density at radius 2 is 1.87 bits per heavy atom. The fraction of sp³-hybridized carbons (Fsp3) is 0.333. The molecule has 1 atom stereocenters. The molecular formula is C18H20N2O2S. The van der Waals surface area contributed by atoms with Gasteiger partial charge in [0.1, 0.15) is 0 Å². The number of nitrogens with zero attached hydrogens (tertiary/aromatic N) is 2. The van der Waals surface area contributed by atoms with Crippen molar-refractivity contribution in [2.75, 3.05) is 10.8 Å². The Hall–Kier alpha value is -1.85. The number of hydrogen-bond acceptors (Lipinski definition) is 2. The highest BCUT2D eigenvalue weighted by atomic mass is 32.2. The van der Waals surface area contributed by atoms with E-state index in [0.29, 0.717) is 13.1 Å². The predicted molar refractivity (Wildman–Crippen MR) is 91.5 cm³/mol. The Morgan fingerprint density at radius 3 is 2.65 bits per heavy atom. The minimum atomic E-state index is -3.45.